The Bertz CT molecular complexity index is 656. The monoisotopic (exact) mass is 426 g/mol. The highest BCUT2D eigenvalue weighted by Gasteiger charge is 2.40. The summed E-state index contributed by atoms with van der Waals surface area (Å²) in [5.74, 6) is -1.40. The third-order valence-corrected chi connectivity index (χ3v) is 7.57. The molecule has 2 N–H and O–H groups in total. The van der Waals surface area contributed by atoms with Gasteiger partial charge >= 0.3 is 7.60 Å². The second-order valence-electron chi connectivity index (χ2n) is 7.28. The largest absolute Gasteiger partial charge is 0.379 e. The molecule has 0 radical (unpaired) electrons. The molecule has 1 fully saturated rings. The number of nitrogens with one attached hydrogen (secondary N) is 2. The number of hydrogen-bond donors (Lipinski definition) is 2. The number of carbonyl (C=O) groups excluding carboxylic acids is 1. The number of ether oxygens (including phenoxy) is 1. The van der Waals surface area contributed by atoms with Crippen molar-refractivity contribution in [2.45, 2.75) is 58.0 Å². The van der Waals surface area contributed by atoms with Crippen molar-refractivity contribution in [2.24, 2.45) is 5.92 Å². The highest BCUT2D eigenvalue weighted by Crippen LogP contribution is 2.53. The van der Waals surface area contributed by atoms with E-state index in [0.717, 1.165) is 24.9 Å². The van der Waals surface area contributed by atoms with Crippen LogP contribution in [0.2, 0.25) is 0 Å². The molecule has 0 aromatic heterocycles. The third-order valence-electron chi connectivity index (χ3n) is 5.25. The lowest BCUT2D eigenvalue weighted by atomic mass is 9.95. The fraction of sp³-hybridized carbons (Fsp3) is 0.667. The van der Waals surface area contributed by atoms with Crippen molar-refractivity contribution in [1.82, 2.24) is 10.6 Å². The second-order valence-corrected chi connectivity index (χ2v) is 9.50. The number of methoxy groups -OCH3 is 1. The number of benzene rings is 1. The zero-order valence-electron chi connectivity index (χ0n) is 17.9. The van der Waals surface area contributed by atoms with Gasteiger partial charge in [-0.3, -0.25) is 9.36 Å². The summed E-state index contributed by atoms with van der Waals surface area (Å²) in [5.41, 5.74) is 0.950. The quantitative estimate of drug-likeness (QED) is 0.499. The van der Waals surface area contributed by atoms with Gasteiger partial charge in [0.1, 0.15) is 5.78 Å². The van der Waals surface area contributed by atoms with Crippen molar-refractivity contribution < 1.29 is 23.1 Å². The van der Waals surface area contributed by atoms with Gasteiger partial charge < -0.3 is 24.4 Å². The van der Waals surface area contributed by atoms with Crippen LogP contribution in [0.3, 0.4) is 0 Å². The average molecular weight is 426 g/mol. The Morgan fingerprint density at radius 1 is 1.24 bits per heavy atom. The molecule has 1 aromatic rings. The normalized spacial score (nSPS) is 20.2. The van der Waals surface area contributed by atoms with E-state index >= 15 is 0 Å². The van der Waals surface area contributed by atoms with Crippen LogP contribution in [0.4, 0.5) is 0 Å². The molecule has 4 atom stereocenters. The van der Waals surface area contributed by atoms with Gasteiger partial charge in [0.2, 0.25) is 5.91 Å². The Morgan fingerprint density at radius 3 is 2.41 bits per heavy atom. The van der Waals surface area contributed by atoms with Gasteiger partial charge in [-0.15, -0.1) is 0 Å². The maximum Gasteiger partial charge on any atom is 0.353 e. The van der Waals surface area contributed by atoms with E-state index in [4.69, 9.17) is 13.8 Å². The summed E-state index contributed by atoms with van der Waals surface area (Å²) in [6.07, 6.45) is 2.14. The first-order valence-electron chi connectivity index (χ1n) is 10.4. The molecule has 2 rings (SSSR count). The molecular weight excluding hydrogens is 391 g/mol. The standard InChI is InChI=1S/C21H35N2O5P/c1-5-27-29(25,28-6-2)19(15-17-11-8-7-9-12-17)23-21(24)16(3)20(26-4)18-13-10-14-22-18/h7-9,11-12,16,18-20,22H,5-6,10,13-15H2,1-4H3,(H,23,24)/t16-,18-,19?,20+/m0/s1. The summed E-state index contributed by atoms with van der Waals surface area (Å²) >= 11 is 0. The number of carbonyl (C=O) groups is 1. The van der Waals surface area contributed by atoms with Gasteiger partial charge in [-0.1, -0.05) is 37.3 Å². The molecule has 0 spiro atoms. The molecule has 29 heavy (non-hydrogen) atoms. The molecule has 1 aliphatic heterocycles. The van der Waals surface area contributed by atoms with E-state index in [1.54, 1.807) is 21.0 Å². The molecule has 164 valence electrons. The fourth-order valence-corrected chi connectivity index (χ4v) is 5.68. The summed E-state index contributed by atoms with van der Waals surface area (Å²) in [4.78, 5) is 13.1. The molecule has 1 aliphatic rings. The summed E-state index contributed by atoms with van der Waals surface area (Å²) < 4.78 is 30.2. The molecule has 8 heteroatoms. The fourth-order valence-electron chi connectivity index (χ4n) is 3.81. The molecule has 0 saturated carbocycles. The number of amides is 1. The van der Waals surface area contributed by atoms with E-state index in [1.165, 1.54) is 0 Å². The summed E-state index contributed by atoms with van der Waals surface area (Å²) in [6, 6.07) is 9.75. The van der Waals surface area contributed by atoms with Gasteiger partial charge in [0.25, 0.3) is 0 Å². The van der Waals surface area contributed by atoms with E-state index in [9.17, 15) is 9.36 Å². The Labute approximate surface area is 174 Å². The van der Waals surface area contributed by atoms with Crippen LogP contribution in [-0.2, 0) is 29.6 Å². The van der Waals surface area contributed by atoms with Crippen molar-refractivity contribution >= 4 is 13.5 Å². The van der Waals surface area contributed by atoms with E-state index in [2.05, 4.69) is 10.6 Å². The SMILES string of the molecule is CCOP(=O)(OCC)C(Cc1ccccc1)NC(=O)[C@@H](C)[C@@H](OC)[C@@H]1CCCN1. The summed E-state index contributed by atoms with van der Waals surface area (Å²) in [5, 5.41) is 6.35. The third kappa shape index (κ3) is 6.63. The van der Waals surface area contributed by atoms with Crippen molar-refractivity contribution in [3.63, 3.8) is 0 Å². The van der Waals surface area contributed by atoms with Crippen molar-refractivity contribution in [1.29, 1.82) is 0 Å². The van der Waals surface area contributed by atoms with E-state index < -0.39 is 19.3 Å². The van der Waals surface area contributed by atoms with E-state index in [1.807, 2.05) is 37.3 Å². The van der Waals surface area contributed by atoms with Crippen LogP contribution >= 0.6 is 7.60 Å². The molecule has 1 saturated heterocycles. The van der Waals surface area contributed by atoms with Crippen molar-refractivity contribution in [2.75, 3.05) is 26.9 Å². The smallest absolute Gasteiger partial charge is 0.353 e. The van der Waals surface area contributed by atoms with Gasteiger partial charge in [0.15, 0.2) is 0 Å². The van der Waals surface area contributed by atoms with Crippen LogP contribution in [0.25, 0.3) is 0 Å². The minimum absolute atomic E-state index is 0.138. The van der Waals surface area contributed by atoms with Gasteiger partial charge in [0.05, 0.1) is 25.2 Å². The predicted octanol–water partition coefficient (Wildman–Crippen LogP) is 3.34. The molecule has 1 heterocycles. The minimum Gasteiger partial charge on any atom is -0.379 e. The van der Waals surface area contributed by atoms with Crippen molar-refractivity contribution in [3.8, 4) is 0 Å². The van der Waals surface area contributed by atoms with Crippen LogP contribution in [0, 0.1) is 5.92 Å². The zero-order chi connectivity index (χ0) is 21.3. The molecule has 0 aliphatic carbocycles. The summed E-state index contributed by atoms with van der Waals surface area (Å²) in [6.45, 7) is 6.78. The van der Waals surface area contributed by atoms with Crippen LogP contribution in [-0.4, -0.2) is 50.7 Å². The molecule has 1 unspecified atom stereocenters. The van der Waals surface area contributed by atoms with E-state index in [-0.39, 0.29) is 31.3 Å². The first-order chi connectivity index (χ1) is 13.9. The van der Waals surface area contributed by atoms with Crippen LogP contribution in [0.5, 0.6) is 0 Å². The highest BCUT2D eigenvalue weighted by molar-refractivity contribution is 7.54. The first kappa shape index (κ1) is 24.0. The lowest BCUT2D eigenvalue weighted by molar-refractivity contribution is -0.130. The molecule has 0 bridgehead atoms. The highest BCUT2D eigenvalue weighted by atomic mass is 31.2. The van der Waals surface area contributed by atoms with Gasteiger partial charge in [-0.25, -0.2) is 0 Å². The van der Waals surface area contributed by atoms with Gasteiger partial charge in [-0.2, -0.15) is 0 Å². The van der Waals surface area contributed by atoms with Crippen molar-refractivity contribution in [3.05, 3.63) is 35.9 Å². The minimum atomic E-state index is -3.54. The van der Waals surface area contributed by atoms with Crippen LogP contribution < -0.4 is 10.6 Å². The Hall–Kier alpha value is -1.24. The molecule has 1 aromatic carbocycles. The Kier molecular flexibility index (Phi) is 9.80. The maximum absolute atomic E-state index is 13.5. The van der Waals surface area contributed by atoms with Gasteiger partial charge in [0, 0.05) is 19.6 Å². The molecule has 1 amide bonds. The van der Waals surface area contributed by atoms with E-state index in [0.29, 0.717) is 6.42 Å². The zero-order valence-corrected chi connectivity index (χ0v) is 18.8. The van der Waals surface area contributed by atoms with Crippen LogP contribution in [0.15, 0.2) is 30.3 Å². The lowest BCUT2D eigenvalue weighted by Crippen LogP contribution is -2.49. The Morgan fingerprint density at radius 2 is 1.90 bits per heavy atom. The summed E-state index contributed by atoms with van der Waals surface area (Å²) in [7, 11) is -1.91. The van der Waals surface area contributed by atoms with Gasteiger partial charge in [-0.05, 0) is 38.8 Å². The lowest BCUT2D eigenvalue weighted by Gasteiger charge is -2.31. The predicted molar refractivity (Wildman–Crippen MR) is 114 cm³/mol. The topological polar surface area (TPSA) is 85.9 Å². The van der Waals surface area contributed by atoms with Crippen LogP contribution in [0.1, 0.15) is 39.2 Å². The maximum atomic E-state index is 13.5. The number of hydrogen-bond acceptors (Lipinski definition) is 6. The average Bonchev–Trinajstić information content (AvgIpc) is 3.23. The Balaban J connectivity index is 2.20. The second kappa shape index (κ2) is 11.8. The molecule has 7 nitrogen and oxygen atoms in total. The first-order valence-corrected chi connectivity index (χ1v) is 12.1. The number of rotatable bonds is 12. The molecular formula is C21H35N2O5P.